The van der Waals surface area contributed by atoms with Gasteiger partial charge in [0.15, 0.2) is 0 Å². The number of hydrogen-bond acceptors (Lipinski definition) is 0. The number of benzene rings is 6. The quantitative estimate of drug-likeness (QED) is 0.169. The molecule has 0 N–H and O–H groups in total. The van der Waals surface area contributed by atoms with E-state index in [1.807, 2.05) is 0 Å². The van der Waals surface area contributed by atoms with Crippen LogP contribution in [0, 0.1) is 0 Å². The van der Waals surface area contributed by atoms with E-state index < -0.39 is 0 Å². The Morgan fingerprint density at radius 1 is 0.381 bits per heavy atom. The minimum atomic E-state index is 1.05. The van der Waals surface area contributed by atoms with Crippen molar-refractivity contribution in [3.8, 4) is 11.1 Å². The Morgan fingerprint density at radius 2 is 0.714 bits per heavy atom. The normalized spacial score (nSPS) is 11.2. The summed E-state index contributed by atoms with van der Waals surface area (Å²) in [6.45, 7) is 2.19. The number of hydrogen-bond donors (Lipinski definition) is 0. The molecule has 0 bridgehead atoms. The first-order valence-corrected chi connectivity index (χ1v) is 14.7. The van der Waals surface area contributed by atoms with Gasteiger partial charge >= 0.3 is 0 Å². The smallest absolute Gasteiger partial charge is 0.0105 e. The van der Waals surface area contributed by atoms with Crippen LogP contribution in [0.3, 0.4) is 0 Å². The van der Waals surface area contributed by atoms with Crippen molar-refractivity contribution in [1.29, 1.82) is 0 Å². The molecule has 6 rings (SSSR count). The predicted molar refractivity (Wildman–Crippen MR) is 181 cm³/mol. The lowest BCUT2D eigenvalue weighted by molar-refractivity contribution is 1.14. The maximum absolute atomic E-state index is 2.29. The van der Waals surface area contributed by atoms with Gasteiger partial charge in [-0.15, -0.1) is 0 Å². The molecule has 0 fully saturated rings. The molecule has 6 aromatic carbocycles. The van der Waals surface area contributed by atoms with Crippen molar-refractivity contribution >= 4 is 23.3 Å². The van der Waals surface area contributed by atoms with Gasteiger partial charge in [0, 0.05) is 0 Å². The van der Waals surface area contributed by atoms with E-state index >= 15 is 0 Å². The lowest BCUT2D eigenvalue weighted by atomic mass is 9.93. The minimum absolute atomic E-state index is 1.05. The standard InChI is InChI=1S/C42H34/c1-2-32-18-20-33(21-19-32)30-42(39-16-10-5-11-17-39)40-28-26-36(27-29-40)35-24-22-34(23-25-35)31-41(37-12-6-3-7-13-37)38-14-8-4-9-15-38/h3-31H,2H2,1H3. The number of rotatable bonds is 8. The highest BCUT2D eigenvalue weighted by atomic mass is 14.1. The van der Waals surface area contributed by atoms with E-state index in [-0.39, 0.29) is 0 Å². The van der Waals surface area contributed by atoms with E-state index in [4.69, 9.17) is 0 Å². The maximum Gasteiger partial charge on any atom is -0.0105 e. The molecule has 0 aromatic heterocycles. The molecule has 42 heavy (non-hydrogen) atoms. The van der Waals surface area contributed by atoms with Crippen molar-refractivity contribution in [2.24, 2.45) is 0 Å². The Kier molecular flexibility index (Phi) is 8.34. The average molecular weight is 539 g/mol. The summed E-state index contributed by atoms with van der Waals surface area (Å²) in [6, 6.07) is 58.6. The van der Waals surface area contributed by atoms with E-state index in [2.05, 4.69) is 183 Å². The van der Waals surface area contributed by atoms with Crippen LogP contribution in [0.1, 0.15) is 45.9 Å². The molecule has 0 heterocycles. The molecule has 0 nitrogen and oxygen atoms in total. The summed E-state index contributed by atoms with van der Waals surface area (Å²) < 4.78 is 0. The largest absolute Gasteiger partial charge is 0.0622 e. The van der Waals surface area contributed by atoms with Crippen LogP contribution in [0.25, 0.3) is 34.4 Å². The lowest BCUT2D eigenvalue weighted by Crippen LogP contribution is -1.90. The fourth-order valence-electron chi connectivity index (χ4n) is 5.32. The second kappa shape index (κ2) is 13.0. The zero-order valence-corrected chi connectivity index (χ0v) is 24.0. The van der Waals surface area contributed by atoms with Crippen LogP contribution in [-0.4, -0.2) is 0 Å². The van der Waals surface area contributed by atoms with Gasteiger partial charge in [-0.3, -0.25) is 0 Å². The molecule has 0 heteroatoms. The molecule has 0 aliphatic heterocycles. The van der Waals surface area contributed by atoms with E-state index in [1.165, 1.54) is 61.2 Å². The van der Waals surface area contributed by atoms with Crippen molar-refractivity contribution in [3.05, 3.63) is 203 Å². The van der Waals surface area contributed by atoms with Gasteiger partial charge < -0.3 is 0 Å². The summed E-state index contributed by atoms with van der Waals surface area (Å²) in [4.78, 5) is 0. The van der Waals surface area contributed by atoms with Gasteiger partial charge in [0.2, 0.25) is 0 Å². The van der Waals surface area contributed by atoms with Gasteiger partial charge in [0.1, 0.15) is 0 Å². The maximum atomic E-state index is 2.29. The van der Waals surface area contributed by atoms with Crippen molar-refractivity contribution in [1.82, 2.24) is 0 Å². The molecular formula is C42H34. The van der Waals surface area contributed by atoms with Crippen molar-refractivity contribution in [2.75, 3.05) is 0 Å². The molecule has 0 aliphatic carbocycles. The highest BCUT2D eigenvalue weighted by Gasteiger charge is 2.08. The van der Waals surface area contributed by atoms with Gasteiger partial charge in [0.05, 0.1) is 0 Å². The SMILES string of the molecule is CCc1ccc(C=C(c2ccccc2)c2ccc(-c3ccc(C=C(c4ccccc4)c4ccccc4)cc3)cc2)cc1. The topological polar surface area (TPSA) is 0 Å². The third-order valence-corrected chi connectivity index (χ3v) is 7.70. The summed E-state index contributed by atoms with van der Waals surface area (Å²) in [6.07, 6.45) is 5.62. The molecule has 0 aliphatic rings. The van der Waals surface area contributed by atoms with Gasteiger partial charge in [-0.2, -0.15) is 0 Å². The first-order valence-electron chi connectivity index (χ1n) is 14.7. The molecule has 6 aromatic rings. The van der Waals surface area contributed by atoms with Crippen LogP contribution in [-0.2, 0) is 6.42 Å². The second-order valence-corrected chi connectivity index (χ2v) is 10.5. The van der Waals surface area contributed by atoms with Gasteiger partial charge in [-0.05, 0) is 79.8 Å². The Morgan fingerprint density at radius 3 is 1.10 bits per heavy atom. The first kappa shape index (κ1) is 27.0. The van der Waals surface area contributed by atoms with Crippen molar-refractivity contribution in [3.63, 3.8) is 0 Å². The Balaban J connectivity index is 1.29. The minimum Gasteiger partial charge on any atom is -0.0622 e. The molecule has 0 amide bonds. The summed E-state index contributed by atoms with van der Waals surface area (Å²) >= 11 is 0. The van der Waals surface area contributed by atoms with Gasteiger partial charge in [-0.1, -0.05) is 171 Å². The summed E-state index contributed by atoms with van der Waals surface area (Å²) in [7, 11) is 0. The summed E-state index contributed by atoms with van der Waals surface area (Å²) in [5, 5.41) is 0. The van der Waals surface area contributed by atoms with Crippen LogP contribution in [0.15, 0.2) is 164 Å². The van der Waals surface area contributed by atoms with E-state index in [0.29, 0.717) is 0 Å². The van der Waals surface area contributed by atoms with Crippen LogP contribution in [0.2, 0.25) is 0 Å². The van der Waals surface area contributed by atoms with Crippen LogP contribution in [0.5, 0.6) is 0 Å². The third kappa shape index (κ3) is 6.40. The van der Waals surface area contributed by atoms with Crippen molar-refractivity contribution in [2.45, 2.75) is 13.3 Å². The average Bonchev–Trinajstić information content (AvgIpc) is 3.08. The Hall–Kier alpha value is -5.20. The molecule has 0 saturated heterocycles. The molecule has 0 atom stereocenters. The fraction of sp³-hybridized carbons (Fsp3) is 0.0476. The molecule has 0 saturated carbocycles. The van der Waals surface area contributed by atoms with E-state index in [1.54, 1.807) is 0 Å². The third-order valence-electron chi connectivity index (χ3n) is 7.70. The molecular weight excluding hydrogens is 504 g/mol. The van der Waals surface area contributed by atoms with E-state index in [9.17, 15) is 0 Å². The fourth-order valence-corrected chi connectivity index (χ4v) is 5.32. The summed E-state index contributed by atoms with van der Waals surface area (Å²) in [5.74, 6) is 0. The monoisotopic (exact) mass is 538 g/mol. The second-order valence-electron chi connectivity index (χ2n) is 10.5. The Bertz CT molecular complexity index is 1730. The lowest BCUT2D eigenvalue weighted by Gasteiger charge is -2.11. The van der Waals surface area contributed by atoms with Crippen LogP contribution >= 0.6 is 0 Å². The van der Waals surface area contributed by atoms with Crippen LogP contribution in [0.4, 0.5) is 0 Å². The first-order chi connectivity index (χ1) is 20.8. The molecule has 0 spiro atoms. The molecule has 0 radical (unpaired) electrons. The highest BCUT2D eigenvalue weighted by molar-refractivity contribution is 5.93. The van der Waals surface area contributed by atoms with Gasteiger partial charge in [0.25, 0.3) is 0 Å². The van der Waals surface area contributed by atoms with E-state index in [0.717, 1.165) is 6.42 Å². The molecule has 0 unspecified atom stereocenters. The Labute approximate surface area is 250 Å². The molecule has 202 valence electrons. The number of aryl methyl sites for hydroxylation is 1. The van der Waals surface area contributed by atoms with Crippen molar-refractivity contribution < 1.29 is 0 Å². The predicted octanol–water partition coefficient (Wildman–Crippen LogP) is 11.1. The van der Waals surface area contributed by atoms with Crippen LogP contribution < -0.4 is 0 Å². The summed E-state index contributed by atoms with van der Waals surface area (Å²) in [5.41, 5.74) is 13.5. The zero-order valence-electron chi connectivity index (χ0n) is 24.0. The van der Waals surface area contributed by atoms with Gasteiger partial charge in [-0.25, -0.2) is 0 Å². The zero-order chi connectivity index (χ0) is 28.6. The highest BCUT2D eigenvalue weighted by Crippen LogP contribution is 2.30.